The van der Waals surface area contributed by atoms with Gasteiger partial charge in [0.1, 0.15) is 0 Å². The van der Waals surface area contributed by atoms with Crippen LogP contribution in [-0.2, 0) is 14.2 Å². The molecule has 0 amide bonds. The van der Waals surface area contributed by atoms with Gasteiger partial charge in [0, 0.05) is 33.0 Å². The van der Waals surface area contributed by atoms with E-state index >= 15 is 0 Å². The van der Waals surface area contributed by atoms with Crippen molar-refractivity contribution in [1.29, 1.82) is 0 Å². The minimum atomic E-state index is -0.274. The Kier molecular flexibility index (Phi) is 9.54. The van der Waals surface area contributed by atoms with Crippen LogP contribution in [0.1, 0.15) is 85.5 Å². The highest BCUT2D eigenvalue weighted by Gasteiger charge is 2.46. The van der Waals surface area contributed by atoms with Gasteiger partial charge in [0.25, 0.3) is 0 Å². The molecule has 0 aromatic rings. The van der Waals surface area contributed by atoms with Crippen LogP contribution in [0.4, 0.5) is 0 Å². The molecule has 27 heavy (non-hydrogen) atoms. The highest BCUT2D eigenvalue weighted by atomic mass is 16.7. The maximum absolute atomic E-state index is 6.50. The van der Waals surface area contributed by atoms with Crippen molar-refractivity contribution in [2.45, 2.75) is 97.4 Å². The third-order valence-electron chi connectivity index (χ3n) is 7.19. The number of ether oxygens (including phenoxy) is 3. The molecule has 2 unspecified atom stereocenters. The van der Waals surface area contributed by atoms with Crippen molar-refractivity contribution in [3.05, 3.63) is 0 Å². The largest absolute Gasteiger partial charge is 0.383 e. The van der Waals surface area contributed by atoms with E-state index in [9.17, 15) is 0 Å². The Bertz CT molecular complexity index is 408. The summed E-state index contributed by atoms with van der Waals surface area (Å²) in [6, 6.07) is 0. The van der Waals surface area contributed by atoms with Crippen molar-refractivity contribution >= 4 is 0 Å². The first-order valence-electron chi connectivity index (χ1n) is 11.5. The summed E-state index contributed by atoms with van der Waals surface area (Å²) in [6.45, 7) is 14.2. The van der Waals surface area contributed by atoms with Gasteiger partial charge in [0.2, 0.25) is 0 Å². The molecule has 4 heteroatoms. The van der Waals surface area contributed by atoms with Crippen LogP contribution in [0.25, 0.3) is 0 Å². The summed E-state index contributed by atoms with van der Waals surface area (Å²) in [5, 5.41) is 0. The second kappa shape index (κ2) is 11.1. The average Bonchev–Trinajstić information content (AvgIpc) is 3.07. The lowest BCUT2D eigenvalue weighted by molar-refractivity contribution is -0.198. The van der Waals surface area contributed by atoms with Gasteiger partial charge in [-0.15, -0.1) is 0 Å². The summed E-state index contributed by atoms with van der Waals surface area (Å²) in [5.41, 5.74) is 0.496. The minimum Gasteiger partial charge on any atom is -0.383 e. The monoisotopic (exact) mass is 383 g/mol. The molecule has 0 aromatic carbocycles. The molecule has 0 radical (unpaired) electrons. The first-order chi connectivity index (χ1) is 13.0. The van der Waals surface area contributed by atoms with Gasteiger partial charge in [-0.1, -0.05) is 40.5 Å². The number of methoxy groups -OCH3 is 1. The number of hydrogen-bond acceptors (Lipinski definition) is 4. The lowest BCUT2D eigenvalue weighted by Crippen LogP contribution is -2.40. The van der Waals surface area contributed by atoms with Crippen molar-refractivity contribution in [1.82, 2.24) is 4.90 Å². The SMILES string of the molecule is CCCN(CCOC)CCC1COC2(CCC(C(C)(CC)CCC)CC2)O1. The summed E-state index contributed by atoms with van der Waals surface area (Å²) in [5.74, 6) is 0.554. The molecule has 1 saturated carbocycles. The topological polar surface area (TPSA) is 30.9 Å². The zero-order valence-electron chi connectivity index (χ0n) is 18.7. The van der Waals surface area contributed by atoms with E-state index in [0.29, 0.717) is 5.41 Å². The standard InChI is InChI=1S/C23H45NO3/c1-6-12-22(4,8-3)20-9-13-23(14-10-20)26-19-21(27-23)11-16-24(15-7-2)17-18-25-5/h20-21H,6-19H2,1-5H3. The Labute approximate surface area is 168 Å². The van der Waals surface area contributed by atoms with E-state index in [1.54, 1.807) is 7.11 Å². The van der Waals surface area contributed by atoms with Gasteiger partial charge in [0.05, 0.1) is 19.3 Å². The lowest BCUT2D eigenvalue weighted by atomic mass is 9.65. The van der Waals surface area contributed by atoms with E-state index in [-0.39, 0.29) is 11.9 Å². The van der Waals surface area contributed by atoms with E-state index in [4.69, 9.17) is 14.2 Å². The zero-order chi connectivity index (χ0) is 19.8. The zero-order valence-corrected chi connectivity index (χ0v) is 18.7. The predicted octanol–water partition coefficient (Wildman–Crippen LogP) is 5.25. The van der Waals surface area contributed by atoms with Gasteiger partial charge in [0.15, 0.2) is 5.79 Å². The predicted molar refractivity (Wildman–Crippen MR) is 112 cm³/mol. The van der Waals surface area contributed by atoms with Crippen molar-refractivity contribution < 1.29 is 14.2 Å². The van der Waals surface area contributed by atoms with Crippen LogP contribution in [0.15, 0.2) is 0 Å². The molecule has 1 heterocycles. The molecule has 160 valence electrons. The molecule has 1 aliphatic carbocycles. The Balaban J connectivity index is 1.78. The third-order valence-corrected chi connectivity index (χ3v) is 7.19. The molecule has 2 rings (SSSR count). The fourth-order valence-electron chi connectivity index (χ4n) is 5.21. The van der Waals surface area contributed by atoms with E-state index < -0.39 is 0 Å². The summed E-state index contributed by atoms with van der Waals surface area (Å²) < 4.78 is 18.0. The van der Waals surface area contributed by atoms with Gasteiger partial charge < -0.3 is 19.1 Å². The Morgan fingerprint density at radius 2 is 1.81 bits per heavy atom. The number of hydrogen-bond donors (Lipinski definition) is 0. The Morgan fingerprint density at radius 1 is 1.07 bits per heavy atom. The number of rotatable bonds is 12. The Hall–Kier alpha value is -0.160. The van der Waals surface area contributed by atoms with Gasteiger partial charge in [-0.25, -0.2) is 0 Å². The van der Waals surface area contributed by atoms with E-state index in [0.717, 1.165) is 58.0 Å². The molecule has 0 N–H and O–H groups in total. The second-order valence-electron chi connectivity index (χ2n) is 9.12. The van der Waals surface area contributed by atoms with Crippen LogP contribution < -0.4 is 0 Å². The fraction of sp³-hybridized carbons (Fsp3) is 1.00. The first-order valence-corrected chi connectivity index (χ1v) is 11.5. The summed E-state index contributed by atoms with van der Waals surface area (Å²) in [4.78, 5) is 2.49. The first kappa shape index (κ1) is 23.1. The van der Waals surface area contributed by atoms with Crippen LogP contribution >= 0.6 is 0 Å². The summed E-state index contributed by atoms with van der Waals surface area (Å²) in [7, 11) is 1.78. The lowest BCUT2D eigenvalue weighted by Gasteiger charge is -2.44. The highest BCUT2D eigenvalue weighted by molar-refractivity contribution is 4.91. The molecule has 1 saturated heterocycles. The van der Waals surface area contributed by atoms with Crippen molar-refractivity contribution in [2.24, 2.45) is 11.3 Å². The molecule has 2 aliphatic rings. The van der Waals surface area contributed by atoms with E-state index in [1.165, 1.54) is 38.5 Å². The molecular weight excluding hydrogens is 338 g/mol. The molecular formula is C23H45NO3. The van der Waals surface area contributed by atoms with E-state index in [1.807, 2.05) is 0 Å². The summed E-state index contributed by atoms with van der Waals surface area (Å²) >= 11 is 0. The van der Waals surface area contributed by atoms with Crippen LogP contribution in [0, 0.1) is 11.3 Å². The number of nitrogens with zero attached hydrogens (tertiary/aromatic N) is 1. The molecule has 1 spiro atoms. The smallest absolute Gasteiger partial charge is 0.168 e. The molecule has 4 nitrogen and oxygen atoms in total. The van der Waals surface area contributed by atoms with Crippen molar-refractivity contribution in [3.8, 4) is 0 Å². The van der Waals surface area contributed by atoms with Crippen LogP contribution in [0.3, 0.4) is 0 Å². The molecule has 0 aromatic heterocycles. The molecule has 2 atom stereocenters. The minimum absolute atomic E-state index is 0.261. The van der Waals surface area contributed by atoms with Crippen molar-refractivity contribution in [3.63, 3.8) is 0 Å². The maximum atomic E-state index is 6.50. The van der Waals surface area contributed by atoms with Gasteiger partial charge in [-0.2, -0.15) is 0 Å². The van der Waals surface area contributed by atoms with Gasteiger partial charge in [-0.05, 0) is 50.0 Å². The fourth-order valence-corrected chi connectivity index (χ4v) is 5.21. The highest BCUT2D eigenvalue weighted by Crippen LogP contribution is 2.49. The summed E-state index contributed by atoms with van der Waals surface area (Å²) in [6.07, 6.45) is 11.1. The van der Waals surface area contributed by atoms with Gasteiger partial charge in [-0.3, -0.25) is 0 Å². The van der Waals surface area contributed by atoms with Crippen LogP contribution in [0.2, 0.25) is 0 Å². The normalized spacial score (nSPS) is 30.9. The third kappa shape index (κ3) is 6.42. The average molecular weight is 384 g/mol. The Morgan fingerprint density at radius 3 is 2.41 bits per heavy atom. The van der Waals surface area contributed by atoms with E-state index in [2.05, 4.69) is 32.6 Å². The maximum Gasteiger partial charge on any atom is 0.168 e. The van der Waals surface area contributed by atoms with Crippen LogP contribution in [0.5, 0.6) is 0 Å². The van der Waals surface area contributed by atoms with Crippen molar-refractivity contribution in [2.75, 3.05) is 40.0 Å². The quantitative estimate of drug-likeness (QED) is 0.460. The van der Waals surface area contributed by atoms with Crippen LogP contribution in [-0.4, -0.2) is 56.7 Å². The molecule has 1 aliphatic heterocycles. The van der Waals surface area contributed by atoms with Gasteiger partial charge >= 0.3 is 0 Å². The molecule has 2 fully saturated rings. The second-order valence-corrected chi connectivity index (χ2v) is 9.12. The molecule has 0 bridgehead atoms.